The van der Waals surface area contributed by atoms with Crippen LogP contribution in [0.2, 0.25) is 0 Å². The quantitative estimate of drug-likeness (QED) is 0.282. The number of benzene rings is 5. The summed E-state index contributed by atoms with van der Waals surface area (Å²) in [7, 11) is 0. The molecule has 0 spiro atoms. The van der Waals surface area contributed by atoms with Crippen LogP contribution in [-0.4, -0.2) is 0 Å². The normalized spacial score (nSPS) is 16.9. The summed E-state index contributed by atoms with van der Waals surface area (Å²) in [6, 6.07) is 43.3. The van der Waals surface area contributed by atoms with Crippen molar-refractivity contribution in [2.24, 2.45) is 0 Å². The van der Waals surface area contributed by atoms with E-state index in [0.717, 1.165) is 12.1 Å². The van der Waals surface area contributed by atoms with E-state index >= 15 is 0 Å². The first kappa shape index (κ1) is 21.2. The van der Waals surface area contributed by atoms with Crippen molar-refractivity contribution in [2.75, 3.05) is 5.32 Å². The summed E-state index contributed by atoms with van der Waals surface area (Å²) in [4.78, 5) is 0. The molecule has 168 valence electrons. The molecule has 5 aromatic rings. The summed E-state index contributed by atoms with van der Waals surface area (Å²) in [6.07, 6.45) is 9.74. The standard InChI is InChI=1S/C34H27N/c1-3-12-26(13-4-1)30-16-7-8-17-31(30)28-20-22-29(23-21-28)35-34(24-9-2-10-25-34)33-19-11-15-27-14-5-6-18-32(27)33/h1-24,35H,25H2. The fourth-order valence-corrected chi connectivity index (χ4v) is 5.19. The Kier molecular flexibility index (Phi) is 5.52. The Bertz CT molecular complexity index is 1520. The molecule has 6 rings (SSSR count). The molecule has 1 heteroatoms. The van der Waals surface area contributed by atoms with Gasteiger partial charge in [0.05, 0.1) is 5.54 Å². The van der Waals surface area contributed by atoms with E-state index in [1.54, 1.807) is 0 Å². The van der Waals surface area contributed by atoms with Gasteiger partial charge >= 0.3 is 0 Å². The topological polar surface area (TPSA) is 12.0 Å². The Morgan fingerprint density at radius 3 is 1.94 bits per heavy atom. The summed E-state index contributed by atoms with van der Waals surface area (Å²) < 4.78 is 0. The molecule has 1 N–H and O–H groups in total. The Morgan fingerprint density at radius 2 is 1.20 bits per heavy atom. The van der Waals surface area contributed by atoms with Gasteiger partial charge in [0, 0.05) is 5.69 Å². The molecule has 1 unspecified atom stereocenters. The Labute approximate surface area is 207 Å². The molecule has 0 aromatic heterocycles. The lowest BCUT2D eigenvalue weighted by atomic mass is 9.81. The fraction of sp³-hybridized carbons (Fsp3) is 0.0588. The predicted octanol–water partition coefficient (Wildman–Crippen LogP) is 9.00. The van der Waals surface area contributed by atoms with E-state index in [2.05, 4.69) is 151 Å². The maximum absolute atomic E-state index is 3.89. The third kappa shape index (κ3) is 4.06. The third-order valence-corrected chi connectivity index (χ3v) is 6.91. The van der Waals surface area contributed by atoms with Crippen LogP contribution in [0, 0.1) is 0 Å². The third-order valence-electron chi connectivity index (χ3n) is 6.91. The summed E-state index contributed by atoms with van der Waals surface area (Å²) in [5.41, 5.74) is 7.07. The lowest BCUT2D eigenvalue weighted by Gasteiger charge is -2.35. The summed E-state index contributed by atoms with van der Waals surface area (Å²) in [5, 5.41) is 6.44. The first-order valence-electron chi connectivity index (χ1n) is 12.2. The van der Waals surface area contributed by atoms with Gasteiger partial charge in [0.1, 0.15) is 0 Å². The summed E-state index contributed by atoms with van der Waals surface area (Å²) >= 11 is 0. The molecule has 0 aliphatic heterocycles. The molecular formula is C34H27N. The lowest BCUT2D eigenvalue weighted by molar-refractivity contribution is 0.623. The molecule has 0 radical (unpaired) electrons. The van der Waals surface area contributed by atoms with Crippen LogP contribution in [0.5, 0.6) is 0 Å². The predicted molar refractivity (Wildman–Crippen MR) is 149 cm³/mol. The Hall–Kier alpha value is -4.36. The highest BCUT2D eigenvalue weighted by Gasteiger charge is 2.30. The highest BCUT2D eigenvalue weighted by molar-refractivity contribution is 5.88. The van der Waals surface area contributed by atoms with Crippen molar-refractivity contribution in [3.05, 3.63) is 151 Å². The first-order chi connectivity index (χ1) is 17.3. The van der Waals surface area contributed by atoms with Crippen LogP contribution in [-0.2, 0) is 5.54 Å². The van der Waals surface area contributed by atoms with Crippen LogP contribution in [0.1, 0.15) is 12.0 Å². The molecule has 5 aromatic carbocycles. The van der Waals surface area contributed by atoms with E-state index in [0.29, 0.717) is 0 Å². The Balaban J connectivity index is 1.37. The van der Waals surface area contributed by atoms with Gasteiger partial charge in [0.25, 0.3) is 0 Å². The molecule has 0 bridgehead atoms. The fourth-order valence-electron chi connectivity index (χ4n) is 5.19. The van der Waals surface area contributed by atoms with Crippen LogP contribution in [0.4, 0.5) is 5.69 Å². The van der Waals surface area contributed by atoms with Crippen molar-refractivity contribution in [3.8, 4) is 22.3 Å². The van der Waals surface area contributed by atoms with E-state index in [-0.39, 0.29) is 5.54 Å². The van der Waals surface area contributed by atoms with Crippen LogP contribution in [0.25, 0.3) is 33.0 Å². The van der Waals surface area contributed by atoms with Crippen LogP contribution < -0.4 is 5.32 Å². The SMILES string of the molecule is C1=CCC(Nc2ccc(-c3ccccc3-c3ccccc3)cc2)(c2cccc3ccccc23)C=C1. The molecule has 1 aliphatic rings. The number of nitrogens with one attached hydrogen (secondary N) is 1. The maximum atomic E-state index is 3.89. The first-order valence-corrected chi connectivity index (χ1v) is 12.2. The second-order valence-electron chi connectivity index (χ2n) is 9.10. The average molecular weight is 450 g/mol. The van der Waals surface area contributed by atoms with Gasteiger partial charge in [-0.25, -0.2) is 0 Å². The summed E-state index contributed by atoms with van der Waals surface area (Å²) in [5.74, 6) is 0. The van der Waals surface area contributed by atoms with Gasteiger partial charge in [-0.05, 0) is 57.1 Å². The van der Waals surface area contributed by atoms with Crippen molar-refractivity contribution in [3.63, 3.8) is 0 Å². The highest BCUT2D eigenvalue weighted by Crippen LogP contribution is 2.39. The molecule has 1 aliphatic carbocycles. The van der Waals surface area contributed by atoms with Gasteiger partial charge < -0.3 is 5.32 Å². The minimum Gasteiger partial charge on any atom is -0.372 e. The second-order valence-corrected chi connectivity index (χ2v) is 9.10. The van der Waals surface area contributed by atoms with Gasteiger partial charge in [-0.3, -0.25) is 0 Å². The zero-order valence-corrected chi connectivity index (χ0v) is 19.6. The molecular weight excluding hydrogens is 422 g/mol. The molecule has 1 atom stereocenters. The molecule has 0 heterocycles. The second kappa shape index (κ2) is 9.12. The minimum atomic E-state index is -0.293. The van der Waals surface area contributed by atoms with Gasteiger partial charge in [0.15, 0.2) is 0 Å². The number of rotatable bonds is 5. The molecule has 0 saturated carbocycles. The van der Waals surface area contributed by atoms with Crippen molar-refractivity contribution < 1.29 is 0 Å². The number of allylic oxidation sites excluding steroid dienone is 2. The molecule has 0 saturated heterocycles. The zero-order chi connectivity index (χ0) is 23.5. The van der Waals surface area contributed by atoms with Gasteiger partial charge in [-0.1, -0.05) is 133 Å². The van der Waals surface area contributed by atoms with Gasteiger partial charge in [-0.2, -0.15) is 0 Å². The van der Waals surface area contributed by atoms with Crippen molar-refractivity contribution >= 4 is 16.5 Å². The Morgan fingerprint density at radius 1 is 0.543 bits per heavy atom. The molecule has 1 nitrogen and oxygen atoms in total. The van der Waals surface area contributed by atoms with E-state index in [1.807, 2.05) is 0 Å². The maximum Gasteiger partial charge on any atom is 0.0853 e. The van der Waals surface area contributed by atoms with E-state index in [1.165, 1.54) is 38.6 Å². The van der Waals surface area contributed by atoms with Crippen LogP contribution in [0.3, 0.4) is 0 Å². The van der Waals surface area contributed by atoms with Gasteiger partial charge in [0.2, 0.25) is 0 Å². The lowest BCUT2D eigenvalue weighted by Crippen LogP contribution is -2.34. The zero-order valence-electron chi connectivity index (χ0n) is 19.6. The molecule has 0 amide bonds. The monoisotopic (exact) mass is 449 g/mol. The van der Waals surface area contributed by atoms with E-state index in [9.17, 15) is 0 Å². The largest absolute Gasteiger partial charge is 0.372 e. The van der Waals surface area contributed by atoms with E-state index < -0.39 is 0 Å². The van der Waals surface area contributed by atoms with Crippen molar-refractivity contribution in [1.82, 2.24) is 0 Å². The number of hydrogen-bond donors (Lipinski definition) is 1. The van der Waals surface area contributed by atoms with Gasteiger partial charge in [-0.15, -0.1) is 0 Å². The van der Waals surface area contributed by atoms with Crippen LogP contribution >= 0.6 is 0 Å². The highest BCUT2D eigenvalue weighted by atomic mass is 15.0. The molecule has 0 fully saturated rings. The average Bonchev–Trinajstić information content (AvgIpc) is 2.94. The van der Waals surface area contributed by atoms with E-state index in [4.69, 9.17) is 0 Å². The number of fused-ring (bicyclic) bond motifs is 1. The number of anilines is 1. The van der Waals surface area contributed by atoms with Crippen molar-refractivity contribution in [1.29, 1.82) is 0 Å². The minimum absolute atomic E-state index is 0.293. The smallest absolute Gasteiger partial charge is 0.0853 e. The molecule has 35 heavy (non-hydrogen) atoms. The van der Waals surface area contributed by atoms with Crippen molar-refractivity contribution in [2.45, 2.75) is 12.0 Å². The summed E-state index contributed by atoms with van der Waals surface area (Å²) in [6.45, 7) is 0. The number of hydrogen-bond acceptors (Lipinski definition) is 1. The van der Waals surface area contributed by atoms with Crippen LogP contribution in [0.15, 0.2) is 146 Å².